The van der Waals surface area contributed by atoms with Crippen molar-refractivity contribution in [3.05, 3.63) is 175 Å². The maximum atomic E-state index is 14.3. The van der Waals surface area contributed by atoms with Crippen LogP contribution < -0.4 is 4.90 Å². The Morgan fingerprint density at radius 3 is 1.85 bits per heavy atom. The zero-order valence-electron chi connectivity index (χ0n) is 30.5. The van der Waals surface area contributed by atoms with E-state index >= 15 is 0 Å². The molecule has 3 nitrogen and oxygen atoms in total. The van der Waals surface area contributed by atoms with Crippen LogP contribution in [0.4, 0.5) is 17.1 Å². The van der Waals surface area contributed by atoms with Crippen LogP contribution in [0.2, 0.25) is 0 Å². The van der Waals surface area contributed by atoms with Crippen LogP contribution in [0.5, 0.6) is 0 Å². The molecular weight excluding hydrogens is 679 g/mol. The van der Waals surface area contributed by atoms with Crippen molar-refractivity contribution < 1.29 is 8.42 Å². The summed E-state index contributed by atoms with van der Waals surface area (Å²) in [6.07, 6.45) is 6.03. The highest BCUT2D eigenvalue weighted by molar-refractivity contribution is 7.91. The molecule has 0 aromatic heterocycles. The summed E-state index contributed by atoms with van der Waals surface area (Å²) in [5.41, 5.74) is 9.47. The van der Waals surface area contributed by atoms with Crippen LogP contribution in [0.25, 0.3) is 33.0 Å². The van der Waals surface area contributed by atoms with Gasteiger partial charge in [0, 0.05) is 22.5 Å². The lowest BCUT2D eigenvalue weighted by atomic mass is 9.60. The first kappa shape index (κ1) is 33.1. The number of nitrogens with zero attached hydrogens (tertiary/aromatic N) is 1. The summed E-state index contributed by atoms with van der Waals surface area (Å²) in [4.78, 5) is 3.33. The standard InChI is InChI=1S/C50H43NO2S/c1-34-39-14-7-8-16-42(31-39)50(34)46-17-9-10-18-48(46)54(52,53)49-30-24-41(33-47(49)50)38-21-27-44(28-22-38)51(45-29-23-36-13-5-6-15-40(36)32-45)43-25-19-37(20-26-43)35-11-3-2-4-12-35/h2-6,9-13,15,17-30,32-34,39,42H,7-8,14,16,31H2,1H3/t34-,39-,42+,50?/m1/s1. The van der Waals surface area contributed by atoms with Gasteiger partial charge in [0.1, 0.15) is 0 Å². The molecule has 1 spiro atoms. The number of benzene rings is 7. The fourth-order valence-corrected chi connectivity index (χ4v) is 12.3. The molecule has 1 unspecified atom stereocenters. The Morgan fingerprint density at radius 1 is 0.519 bits per heavy atom. The van der Waals surface area contributed by atoms with E-state index in [1.54, 1.807) is 0 Å². The molecule has 54 heavy (non-hydrogen) atoms. The van der Waals surface area contributed by atoms with Gasteiger partial charge in [-0.2, -0.15) is 0 Å². The molecular formula is C50H43NO2S. The van der Waals surface area contributed by atoms with E-state index in [4.69, 9.17) is 0 Å². The topological polar surface area (TPSA) is 37.4 Å². The molecule has 7 aromatic carbocycles. The first-order chi connectivity index (χ1) is 26.4. The average molecular weight is 722 g/mol. The lowest BCUT2D eigenvalue weighted by Crippen LogP contribution is -2.43. The van der Waals surface area contributed by atoms with Gasteiger partial charge in [0.15, 0.2) is 0 Å². The molecule has 10 rings (SSSR count). The Balaban J connectivity index is 1.08. The monoisotopic (exact) mass is 721 g/mol. The molecule has 3 aliphatic rings. The zero-order valence-corrected chi connectivity index (χ0v) is 31.3. The minimum atomic E-state index is -3.65. The number of hydrogen-bond acceptors (Lipinski definition) is 3. The Kier molecular flexibility index (Phi) is 7.89. The normalized spacial score (nSPS) is 22.4. The Bertz CT molecular complexity index is 2630. The summed E-state index contributed by atoms with van der Waals surface area (Å²) in [5, 5.41) is 2.40. The predicted molar refractivity (Wildman–Crippen MR) is 221 cm³/mol. The SMILES string of the molecule is C[C@@H]1[C@@H]2CCCC[C@@H](C2)C12c1ccccc1S(=O)(=O)c1ccc(-c3ccc(N(c4ccc(-c5ccccc5)cc4)c4ccc5ccccc5c4)cc3)cc12. The highest BCUT2D eigenvalue weighted by Crippen LogP contribution is 2.64. The molecule has 0 amide bonds. The fourth-order valence-electron chi connectivity index (χ4n) is 10.5. The summed E-state index contributed by atoms with van der Waals surface area (Å²) < 4.78 is 28.6. The summed E-state index contributed by atoms with van der Waals surface area (Å²) in [5.74, 6) is 1.39. The Morgan fingerprint density at radius 2 is 1.09 bits per heavy atom. The number of anilines is 3. The largest absolute Gasteiger partial charge is 0.310 e. The third-order valence-corrected chi connectivity index (χ3v) is 14.9. The van der Waals surface area contributed by atoms with E-state index in [-0.39, 0.29) is 5.41 Å². The van der Waals surface area contributed by atoms with Crippen LogP contribution in [-0.2, 0) is 15.3 Å². The van der Waals surface area contributed by atoms with E-state index < -0.39 is 9.84 Å². The molecule has 1 aliphatic heterocycles. The first-order valence-electron chi connectivity index (χ1n) is 19.5. The summed E-state index contributed by atoms with van der Waals surface area (Å²) in [6.45, 7) is 2.41. The van der Waals surface area contributed by atoms with Gasteiger partial charge in [0.25, 0.3) is 0 Å². The fraction of sp³-hybridized carbons (Fsp3) is 0.200. The molecule has 0 saturated heterocycles. The lowest BCUT2D eigenvalue weighted by Gasteiger charge is -2.46. The Hall–Kier alpha value is -5.45. The van der Waals surface area contributed by atoms with Gasteiger partial charge >= 0.3 is 0 Å². The molecule has 4 atom stereocenters. The smallest absolute Gasteiger partial charge is 0.207 e. The highest BCUT2D eigenvalue weighted by Gasteiger charge is 2.59. The summed E-state index contributed by atoms with van der Waals surface area (Å²) >= 11 is 0. The third kappa shape index (κ3) is 5.10. The van der Waals surface area contributed by atoms with Crippen LogP contribution in [0, 0.1) is 17.8 Å². The van der Waals surface area contributed by atoms with Gasteiger partial charge in [0.05, 0.1) is 9.79 Å². The van der Waals surface area contributed by atoms with Crippen LogP contribution in [0.15, 0.2) is 174 Å². The van der Waals surface area contributed by atoms with Crippen molar-refractivity contribution in [1.82, 2.24) is 0 Å². The van der Waals surface area contributed by atoms with Crippen LogP contribution in [0.3, 0.4) is 0 Å². The number of rotatable bonds is 5. The van der Waals surface area contributed by atoms with Crippen molar-refractivity contribution in [2.45, 2.75) is 54.2 Å². The molecule has 2 aliphatic carbocycles. The minimum Gasteiger partial charge on any atom is -0.310 e. The van der Waals surface area contributed by atoms with Crippen molar-refractivity contribution in [3.8, 4) is 22.3 Å². The second kappa shape index (κ2) is 12.8. The van der Waals surface area contributed by atoms with Gasteiger partial charge in [-0.15, -0.1) is 0 Å². The average Bonchev–Trinajstić information content (AvgIpc) is 3.33. The number of hydrogen-bond donors (Lipinski definition) is 0. The van der Waals surface area contributed by atoms with Gasteiger partial charge in [-0.05, 0) is 129 Å². The summed E-state index contributed by atoms with van der Waals surface area (Å²) in [6, 6.07) is 57.3. The molecule has 1 heterocycles. The van der Waals surface area contributed by atoms with Gasteiger partial charge in [-0.1, -0.05) is 135 Å². The second-order valence-corrected chi connectivity index (χ2v) is 17.6. The predicted octanol–water partition coefficient (Wildman–Crippen LogP) is 12.9. The molecule has 266 valence electrons. The van der Waals surface area contributed by atoms with E-state index in [0.29, 0.717) is 27.5 Å². The van der Waals surface area contributed by atoms with Crippen molar-refractivity contribution >= 4 is 37.7 Å². The number of fused-ring (bicyclic) bond motifs is 8. The van der Waals surface area contributed by atoms with Crippen molar-refractivity contribution in [1.29, 1.82) is 0 Å². The molecule has 7 aromatic rings. The maximum absolute atomic E-state index is 14.3. The molecule has 4 heteroatoms. The van der Waals surface area contributed by atoms with Gasteiger partial charge in [0.2, 0.25) is 9.84 Å². The van der Waals surface area contributed by atoms with Gasteiger partial charge < -0.3 is 4.90 Å². The number of sulfone groups is 1. The Labute approximate surface area is 318 Å². The summed E-state index contributed by atoms with van der Waals surface area (Å²) in [7, 11) is -3.65. The highest BCUT2D eigenvalue weighted by atomic mass is 32.2. The lowest BCUT2D eigenvalue weighted by molar-refractivity contribution is 0.243. The molecule has 0 N–H and O–H groups in total. The van der Waals surface area contributed by atoms with E-state index in [1.165, 1.54) is 47.6 Å². The third-order valence-electron chi connectivity index (χ3n) is 13.1. The van der Waals surface area contributed by atoms with E-state index in [2.05, 4.69) is 139 Å². The van der Waals surface area contributed by atoms with Crippen LogP contribution >= 0.6 is 0 Å². The molecule has 2 fully saturated rings. The maximum Gasteiger partial charge on any atom is 0.207 e. The minimum absolute atomic E-state index is 0.308. The van der Waals surface area contributed by atoms with Crippen molar-refractivity contribution in [2.24, 2.45) is 17.8 Å². The molecule has 2 saturated carbocycles. The quantitative estimate of drug-likeness (QED) is 0.178. The van der Waals surface area contributed by atoms with Crippen LogP contribution in [-0.4, -0.2) is 8.42 Å². The van der Waals surface area contributed by atoms with Gasteiger partial charge in [-0.3, -0.25) is 0 Å². The second-order valence-electron chi connectivity index (χ2n) is 15.7. The van der Waals surface area contributed by atoms with E-state index in [0.717, 1.165) is 45.7 Å². The molecule has 2 bridgehead atoms. The van der Waals surface area contributed by atoms with Crippen molar-refractivity contribution in [3.63, 3.8) is 0 Å². The van der Waals surface area contributed by atoms with Gasteiger partial charge in [-0.25, -0.2) is 8.42 Å². The first-order valence-corrected chi connectivity index (χ1v) is 21.0. The van der Waals surface area contributed by atoms with E-state index in [1.807, 2.05) is 36.4 Å². The zero-order chi connectivity index (χ0) is 36.4. The molecule has 0 radical (unpaired) electrons. The van der Waals surface area contributed by atoms with Crippen molar-refractivity contribution in [2.75, 3.05) is 4.90 Å². The van der Waals surface area contributed by atoms with E-state index in [9.17, 15) is 8.42 Å². The van der Waals surface area contributed by atoms with Crippen LogP contribution in [0.1, 0.15) is 50.2 Å².